The van der Waals surface area contributed by atoms with Gasteiger partial charge in [-0.3, -0.25) is 19.3 Å². The van der Waals surface area contributed by atoms with E-state index >= 15 is 0 Å². The first-order valence-corrected chi connectivity index (χ1v) is 9.84. The Hall–Kier alpha value is -1.48. The number of nitrogens with zero attached hydrogens (tertiary/aromatic N) is 4. The normalized spacial score (nSPS) is 19.5. The average molecular weight is 380 g/mol. The van der Waals surface area contributed by atoms with E-state index in [9.17, 15) is 4.79 Å². The Kier molecular flexibility index (Phi) is 6.86. The number of aromatic nitrogens is 2. The van der Waals surface area contributed by atoms with Crippen LogP contribution in [0, 0.1) is 0 Å². The van der Waals surface area contributed by atoms with E-state index in [1.165, 1.54) is 12.8 Å². The van der Waals surface area contributed by atoms with E-state index in [0.29, 0.717) is 6.54 Å². The molecule has 1 fully saturated rings. The smallest absolute Gasteiger partial charge is 0.246 e. The van der Waals surface area contributed by atoms with Crippen molar-refractivity contribution < 1.29 is 14.3 Å². The first kappa shape index (κ1) is 20.3. The van der Waals surface area contributed by atoms with Crippen LogP contribution in [-0.2, 0) is 33.9 Å². The number of fused-ring (bicyclic) bond motifs is 1. The summed E-state index contributed by atoms with van der Waals surface area (Å²) in [6, 6.07) is 2.12. The Morgan fingerprint density at radius 1 is 1.30 bits per heavy atom. The molecular formula is C19H33N5O3. The van der Waals surface area contributed by atoms with Crippen LogP contribution >= 0.6 is 0 Å². The first-order valence-electron chi connectivity index (χ1n) is 9.84. The molecule has 152 valence electrons. The molecule has 3 rings (SSSR count). The Morgan fingerprint density at radius 2 is 2.07 bits per heavy atom. The molecule has 2 aliphatic rings. The van der Waals surface area contributed by atoms with Gasteiger partial charge in [-0.1, -0.05) is 0 Å². The van der Waals surface area contributed by atoms with Crippen LogP contribution in [0.2, 0.25) is 0 Å². The summed E-state index contributed by atoms with van der Waals surface area (Å²) >= 11 is 0. The zero-order valence-corrected chi connectivity index (χ0v) is 16.9. The van der Waals surface area contributed by atoms with Gasteiger partial charge in [0.05, 0.1) is 31.1 Å². The van der Waals surface area contributed by atoms with Crippen molar-refractivity contribution in [2.75, 3.05) is 53.1 Å². The molecule has 0 unspecified atom stereocenters. The fourth-order valence-corrected chi connectivity index (χ4v) is 4.00. The highest BCUT2D eigenvalue weighted by Gasteiger charge is 2.31. The number of morpholine rings is 1. The summed E-state index contributed by atoms with van der Waals surface area (Å²) in [7, 11) is 1.52. The van der Waals surface area contributed by atoms with E-state index in [1.54, 1.807) is 0 Å². The van der Waals surface area contributed by atoms with E-state index in [0.717, 1.165) is 64.6 Å². The molecule has 3 heterocycles. The van der Waals surface area contributed by atoms with Crippen LogP contribution in [0.1, 0.15) is 31.7 Å². The number of hydrogen-bond donors (Lipinski definition) is 1. The van der Waals surface area contributed by atoms with Gasteiger partial charge >= 0.3 is 0 Å². The van der Waals surface area contributed by atoms with Gasteiger partial charge in [-0.2, -0.15) is 5.10 Å². The van der Waals surface area contributed by atoms with Gasteiger partial charge in [0.2, 0.25) is 5.91 Å². The SMILES string of the molecule is COCC(=O)NCc1cc2n(n1)CCCN(CC(C)(C)N1CCOCC1)C2. The van der Waals surface area contributed by atoms with Crippen LogP contribution in [0.3, 0.4) is 0 Å². The van der Waals surface area contributed by atoms with E-state index in [2.05, 4.69) is 44.8 Å². The monoisotopic (exact) mass is 379 g/mol. The molecule has 1 aromatic rings. The number of methoxy groups -OCH3 is 1. The fraction of sp³-hybridized carbons (Fsp3) is 0.789. The molecule has 0 saturated carbocycles. The zero-order valence-electron chi connectivity index (χ0n) is 16.9. The van der Waals surface area contributed by atoms with Crippen molar-refractivity contribution in [2.24, 2.45) is 0 Å². The van der Waals surface area contributed by atoms with E-state index in [1.807, 2.05) is 0 Å². The lowest BCUT2D eigenvalue weighted by Gasteiger charge is -2.43. The molecule has 0 radical (unpaired) electrons. The third kappa shape index (κ3) is 5.51. The maximum Gasteiger partial charge on any atom is 0.246 e. The number of rotatable bonds is 7. The summed E-state index contributed by atoms with van der Waals surface area (Å²) in [5, 5.41) is 7.52. The number of carbonyl (C=O) groups excluding carboxylic acids is 1. The predicted octanol–water partition coefficient (Wildman–Crippen LogP) is 0.462. The van der Waals surface area contributed by atoms with Crippen LogP contribution in [0.15, 0.2) is 6.07 Å². The van der Waals surface area contributed by atoms with Crippen molar-refractivity contribution >= 4 is 5.91 Å². The molecule has 0 aromatic carbocycles. The van der Waals surface area contributed by atoms with Gasteiger partial charge in [0.1, 0.15) is 6.61 Å². The minimum atomic E-state index is -0.116. The summed E-state index contributed by atoms with van der Waals surface area (Å²) in [4.78, 5) is 16.6. The van der Waals surface area contributed by atoms with Crippen molar-refractivity contribution in [3.05, 3.63) is 17.5 Å². The maximum atomic E-state index is 11.6. The minimum Gasteiger partial charge on any atom is -0.379 e. The molecule has 1 saturated heterocycles. The quantitative estimate of drug-likeness (QED) is 0.742. The molecule has 8 nitrogen and oxygen atoms in total. The summed E-state index contributed by atoms with van der Waals surface area (Å²) in [5.41, 5.74) is 2.25. The summed E-state index contributed by atoms with van der Waals surface area (Å²) in [5.74, 6) is -0.116. The average Bonchev–Trinajstić information content (AvgIpc) is 2.93. The van der Waals surface area contributed by atoms with Crippen LogP contribution in [0.25, 0.3) is 0 Å². The van der Waals surface area contributed by atoms with Crippen molar-refractivity contribution in [1.29, 1.82) is 0 Å². The van der Waals surface area contributed by atoms with E-state index in [4.69, 9.17) is 9.47 Å². The number of carbonyl (C=O) groups is 1. The second-order valence-corrected chi connectivity index (χ2v) is 8.04. The van der Waals surface area contributed by atoms with Gasteiger partial charge in [-0.15, -0.1) is 0 Å². The van der Waals surface area contributed by atoms with Crippen LogP contribution in [0.5, 0.6) is 0 Å². The third-order valence-corrected chi connectivity index (χ3v) is 5.36. The maximum absolute atomic E-state index is 11.6. The van der Waals surface area contributed by atoms with Gasteiger partial charge in [-0.05, 0) is 26.3 Å². The predicted molar refractivity (Wildman–Crippen MR) is 102 cm³/mol. The number of aryl methyl sites for hydroxylation is 1. The Labute approximate surface area is 161 Å². The lowest BCUT2D eigenvalue weighted by molar-refractivity contribution is -0.124. The highest BCUT2D eigenvalue weighted by Crippen LogP contribution is 2.21. The van der Waals surface area contributed by atoms with Crippen molar-refractivity contribution in [3.63, 3.8) is 0 Å². The molecular weight excluding hydrogens is 346 g/mol. The molecule has 0 spiro atoms. The lowest BCUT2D eigenvalue weighted by Crippen LogP contribution is -2.55. The van der Waals surface area contributed by atoms with Crippen molar-refractivity contribution in [1.82, 2.24) is 24.9 Å². The molecule has 0 aliphatic carbocycles. The van der Waals surface area contributed by atoms with Crippen LogP contribution in [-0.4, -0.2) is 84.1 Å². The summed E-state index contributed by atoms with van der Waals surface area (Å²) in [6.07, 6.45) is 1.09. The van der Waals surface area contributed by atoms with Gasteiger partial charge < -0.3 is 14.8 Å². The largest absolute Gasteiger partial charge is 0.379 e. The van der Waals surface area contributed by atoms with Crippen molar-refractivity contribution in [3.8, 4) is 0 Å². The highest BCUT2D eigenvalue weighted by molar-refractivity contribution is 5.77. The van der Waals surface area contributed by atoms with E-state index < -0.39 is 0 Å². The Morgan fingerprint density at radius 3 is 2.81 bits per heavy atom. The lowest BCUT2D eigenvalue weighted by atomic mass is 10.0. The molecule has 1 aromatic heterocycles. The zero-order chi connectivity index (χ0) is 19.3. The number of hydrogen-bond acceptors (Lipinski definition) is 6. The molecule has 2 aliphatic heterocycles. The van der Waals surface area contributed by atoms with Gasteiger partial charge in [0, 0.05) is 51.9 Å². The first-order chi connectivity index (χ1) is 13.0. The summed E-state index contributed by atoms with van der Waals surface area (Å²) < 4.78 is 12.4. The van der Waals surface area contributed by atoms with Gasteiger partial charge in [0.15, 0.2) is 0 Å². The second kappa shape index (κ2) is 9.14. The molecule has 1 amide bonds. The van der Waals surface area contributed by atoms with Gasteiger partial charge in [-0.25, -0.2) is 0 Å². The topological polar surface area (TPSA) is 71.9 Å². The molecule has 0 bridgehead atoms. The standard InChI is InChI=1S/C19H33N5O3/c1-19(2,23-7-9-27-10-8-23)15-22-5-4-6-24-17(13-22)11-16(21-24)12-20-18(25)14-26-3/h11H,4-10,12-15H2,1-3H3,(H,20,25). The Bertz CT molecular complexity index is 625. The minimum absolute atomic E-state index is 0.0813. The van der Waals surface area contributed by atoms with E-state index in [-0.39, 0.29) is 18.1 Å². The molecule has 8 heteroatoms. The third-order valence-electron chi connectivity index (χ3n) is 5.36. The molecule has 1 N–H and O–H groups in total. The number of amides is 1. The molecule has 0 atom stereocenters. The molecule has 27 heavy (non-hydrogen) atoms. The number of nitrogens with one attached hydrogen (secondary N) is 1. The highest BCUT2D eigenvalue weighted by atomic mass is 16.5. The summed E-state index contributed by atoms with van der Waals surface area (Å²) in [6.45, 7) is 12.8. The second-order valence-electron chi connectivity index (χ2n) is 8.04. The van der Waals surface area contributed by atoms with Gasteiger partial charge in [0.25, 0.3) is 0 Å². The number of ether oxygens (including phenoxy) is 2. The van der Waals surface area contributed by atoms with Crippen molar-refractivity contribution in [2.45, 2.75) is 45.4 Å². The van der Waals surface area contributed by atoms with Crippen LogP contribution < -0.4 is 5.32 Å². The van der Waals surface area contributed by atoms with Crippen LogP contribution in [0.4, 0.5) is 0 Å². The fourth-order valence-electron chi connectivity index (χ4n) is 4.00. The Balaban J connectivity index is 1.59.